The van der Waals surface area contributed by atoms with Gasteiger partial charge in [0.25, 0.3) is 0 Å². The first kappa shape index (κ1) is 23.4. The molecule has 0 spiro atoms. The first-order valence-corrected chi connectivity index (χ1v) is 11.7. The lowest BCUT2D eigenvalue weighted by molar-refractivity contribution is -0.140. The van der Waals surface area contributed by atoms with E-state index in [0.29, 0.717) is 12.0 Å². The van der Waals surface area contributed by atoms with Gasteiger partial charge in [-0.1, -0.05) is 91.0 Å². The van der Waals surface area contributed by atoms with Crippen LogP contribution in [0.4, 0.5) is 0 Å². The van der Waals surface area contributed by atoms with Gasteiger partial charge in [0.1, 0.15) is 11.7 Å². The van der Waals surface area contributed by atoms with E-state index in [-0.39, 0.29) is 23.7 Å². The fourth-order valence-corrected chi connectivity index (χ4v) is 4.55. The summed E-state index contributed by atoms with van der Waals surface area (Å²) >= 11 is 4.46. The van der Waals surface area contributed by atoms with Crippen LogP contribution in [0.25, 0.3) is 11.3 Å². The van der Waals surface area contributed by atoms with Crippen LogP contribution in [0, 0.1) is 0 Å². The monoisotopic (exact) mass is 474 g/mol. The van der Waals surface area contributed by atoms with Crippen LogP contribution in [0.3, 0.4) is 0 Å². The minimum Gasteiger partial charge on any atom is -0.493 e. The van der Waals surface area contributed by atoms with Gasteiger partial charge >= 0.3 is 11.7 Å². The maximum absolute atomic E-state index is 13.8. The molecule has 2 atom stereocenters. The van der Waals surface area contributed by atoms with Gasteiger partial charge in [0.2, 0.25) is 5.88 Å². The minimum atomic E-state index is -1.20. The number of rotatable bonds is 9. The maximum atomic E-state index is 13.8. The molecule has 0 fully saturated rings. The van der Waals surface area contributed by atoms with E-state index in [1.807, 2.05) is 66.7 Å². The molecular formula is C27H26N2O4S. The highest BCUT2D eigenvalue weighted by atomic mass is 32.1. The fraction of sp³-hybridized carbons (Fsp3) is 0.185. The Morgan fingerprint density at radius 3 is 1.79 bits per heavy atom. The van der Waals surface area contributed by atoms with E-state index < -0.39 is 23.7 Å². The van der Waals surface area contributed by atoms with Crippen molar-refractivity contribution in [2.45, 2.75) is 24.9 Å². The van der Waals surface area contributed by atoms with E-state index in [1.165, 1.54) is 9.13 Å². The Morgan fingerprint density at radius 1 is 0.794 bits per heavy atom. The Morgan fingerprint density at radius 2 is 1.29 bits per heavy atom. The summed E-state index contributed by atoms with van der Waals surface area (Å²) in [5.74, 6) is -1.12. The Labute approximate surface area is 203 Å². The third-order valence-corrected chi connectivity index (χ3v) is 6.32. The molecule has 174 valence electrons. The van der Waals surface area contributed by atoms with Crippen molar-refractivity contribution >= 4 is 18.6 Å². The number of nitrogens with zero attached hydrogens (tertiary/aromatic N) is 2. The number of hydrogen-bond donors (Lipinski definition) is 3. The van der Waals surface area contributed by atoms with Crippen molar-refractivity contribution in [3.8, 4) is 17.1 Å². The van der Waals surface area contributed by atoms with E-state index in [1.54, 1.807) is 24.3 Å². The van der Waals surface area contributed by atoms with Crippen LogP contribution in [0.1, 0.15) is 23.2 Å². The SMILES string of the molecule is O=C(O)C(Cc1ccccc1)n1c(-c2ccccc2)c(O)n(C(CS)Cc2ccccc2)c1=O. The van der Waals surface area contributed by atoms with Gasteiger partial charge < -0.3 is 10.2 Å². The van der Waals surface area contributed by atoms with Crippen molar-refractivity contribution in [2.24, 2.45) is 0 Å². The van der Waals surface area contributed by atoms with E-state index >= 15 is 0 Å². The average Bonchev–Trinajstić information content (AvgIpc) is 3.12. The van der Waals surface area contributed by atoms with Crippen molar-refractivity contribution in [1.29, 1.82) is 0 Å². The molecule has 1 aromatic heterocycles. The zero-order valence-electron chi connectivity index (χ0n) is 18.5. The molecule has 0 saturated heterocycles. The lowest BCUT2D eigenvalue weighted by Gasteiger charge is -2.17. The zero-order valence-corrected chi connectivity index (χ0v) is 19.4. The number of carboxylic acid groups (broad SMARTS) is 1. The minimum absolute atomic E-state index is 0.101. The van der Waals surface area contributed by atoms with E-state index in [4.69, 9.17) is 0 Å². The molecule has 0 radical (unpaired) electrons. The van der Waals surface area contributed by atoms with Crippen molar-refractivity contribution < 1.29 is 15.0 Å². The number of hydrogen-bond acceptors (Lipinski definition) is 4. The maximum Gasteiger partial charge on any atom is 0.332 e. The number of aromatic hydroxyl groups is 1. The van der Waals surface area contributed by atoms with Crippen LogP contribution < -0.4 is 5.69 Å². The lowest BCUT2D eigenvalue weighted by Crippen LogP contribution is -2.35. The molecule has 2 unspecified atom stereocenters. The van der Waals surface area contributed by atoms with Crippen molar-refractivity contribution in [3.05, 3.63) is 113 Å². The number of benzene rings is 3. The van der Waals surface area contributed by atoms with Gasteiger partial charge in [-0.15, -0.1) is 0 Å². The number of thiol groups is 1. The van der Waals surface area contributed by atoms with Crippen LogP contribution in [-0.2, 0) is 17.6 Å². The van der Waals surface area contributed by atoms with Crippen LogP contribution in [0.15, 0.2) is 95.8 Å². The molecule has 2 N–H and O–H groups in total. The highest BCUT2D eigenvalue weighted by Gasteiger charge is 2.32. The first-order chi connectivity index (χ1) is 16.5. The highest BCUT2D eigenvalue weighted by molar-refractivity contribution is 7.80. The standard InChI is InChI=1S/C27H26N2O4S/c30-25-24(21-14-8-3-9-15-21)29(23(26(31)32)17-20-12-6-2-7-13-20)27(33)28(25)22(18-34)16-19-10-4-1-5-11-19/h1-15,22-23,30,34H,16-18H2,(H,31,32). The molecule has 3 aromatic carbocycles. The van der Waals surface area contributed by atoms with Gasteiger partial charge in [0.05, 0.1) is 6.04 Å². The van der Waals surface area contributed by atoms with Gasteiger partial charge in [-0.3, -0.25) is 9.13 Å². The quantitative estimate of drug-likeness (QED) is 0.310. The summed E-state index contributed by atoms with van der Waals surface area (Å²) in [6.45, 7) is 0. The predicted molar refractivity (Wildman–Crippen MR) is 136 cm³/mol. The number of carbonyl (C=O) groups is 1. The fourth-order valence-electron chi connectivity index (χ4n) is 4.26. The van der Waals surface area contributed by atoms with E-state index in [9.17, 15) is 19.8 Å². The number of carboxylic acids is 1. The molecular weight excluding hydrogens is 448 g/mol. The predicted octanol–water partition coefficient (Wildman–Crippen LogP) is 4.60. The Bertz CT molecular complexity index is 1300. The van der Waals surface area contributed by atoms with Crippen molar-refractivity contribution in [2.75, 3.05) is 5.75 Å². The second kappa shape index (κ2) is 10.5. The smallest absolute Gasteiger partial charge is 0.332 e. The molecule has 0 aliphatic carbocycles. The Kier molecular flexibility index (Phi) is 7.23. The molecule has 0 bridgehead atoms. The summed E-state index contributed by atoms with van der Waals surface area (Å²) in [5, 5.41) is 21.5. The first-order valence-electron chi connectivity index (χ1n) is 11.0. The summed E-state index contributed by atoms with van der Waals surface area (Å²) in [6.07, 6.45) is 0.566. The van der Waals surface area contributed by atoms with E-state index in [2.05, 4.69) is 12.6 Å². The normalized spacial score (nSPS) is 12.9. The molecule has 34 heavy (non-hydrogen) atoms. The van der Waals surface area contributed by atoms with Crippen LogP contribution in [-0.4, -0.2) is 31.1 Å². The van der Waals surface area contributed by atoms with Crippen LogP contribution >= 0.6 is 12.6 Å². The van der Waals surface area contributed by atoms with Crippen LogP contribution in [0.5, 0.6) is 5.88 Å². The molecule has 4 rings (SSSR count). The zero-order chi connectivity index (χ0) is 24.1. The third-order valence-electron chi connectivity index (χ3n) is 5.90. The highest BCUT2D eigenvalue weighted by Crippen LogP contribution is 2.34. The molecule has 7 heteroatoms. The number of aliphatic carboxylic acids is 1. The summed E-state index contributed by atoms with van der Waals surface area (Å²) in [4.78, 5) is 26.2. The summed E-state index contributed by atoms with van der Waals surface area (Å²) < 4.78 is 2.49. The second-order valence-corrected chi connectivity index (χ2v) is 8.50. The van der Waals surface area contributed by atoms with Gasteiger partial charge in [-0.25, -0.2) is 9.59 Å². The van der Waals surface area contributed by atoms with Gasteiger partial charge in [0, 0.05) is 17.7 Å². The Balaban J connectivity index is 1.89. The number of imidazole rings is 1. The summed E-state index contributed by atoms with van der Waals surface area (Å²) in [5.41, 5.74) is 1.94. The molecule has 1 heterocycles. The van der Waals surface area contributed by atoms with E-state index in [0.717, 1.165) is 11.1 Å². The van der Waals surface area contributed by atoms with Gasteiger partial charge in [-0.05, 0) is 17.5 Å². The Hall–Kier alpha value is -3.71. The van der Waals surface area contributed by atoms with Crippen molar-refractivity contribution in [1.82, 2.24) is 9.13 Å². The average molecular weight is 475 g/mol. The summed E-state index contributed by atoms with van der Waals surface area (Å²) in [7, 11) is 0. The molecule has 0 saturated carbocycles. The molecule has 0 aliphatic heterocycles. The van der Waals surface area contributed by atoms with Crippen LogP contribution in [0.2, 0.25) is 0 Å². The van der Waals surface area contributed by atoms with Gasteiger partial charge in [0.15, 0.2) is 0 Å². The van der Waals surface area contributed by atoms with Gasteiger partial charge in [-0.2, -0.15) is 12.6 Å². The largest absolute Gasteiger partial charge is 0.493 e. The lowest BCUT2D eigenvalue weighted by atomic mass is 10.0. The third kappa shape index (κ3) is 4.79. The second-order valence-electron chi connectivity index (χ2n) is 8.13. The molecule has 6 nitrogen and oxygen atoms in total. The molecule has 0 amide bonds. The van der Waals surface area contributed by atoms with Crippen molar-refractivity contribution in [3.63, 3.8) is 0 Å². The number of aromatic nitrogens is 2. The molecule has 4 aromatic rings. The molecule has 0 aliphatic rings. The topological polar surface area (TPSA) is 84.5 Å². The summed E-state index contributed by atoms with van der Waals surface area (Å²) in [6, 6.07) is 26.0.